The highest BCUT2D eigenvalue weighted by molar-refractivity contribution is 8.13. The number of rotatable bonds is 4. The van der Waals surface area contributed by atoms with Crippen molar-refractivity contribution in [1.29, 1.82) is 0 Å². The van der Waals surface area contributed by atoms with E-state index in [1.54, 1.807) is 6.07 Å². The zero-order valence-corrected chi connectivity index (χ0v) is 11.0. The molecule has 0 N–H and O–H groups in total. The minimum atomic E-state index is -4.09. The second kappa shape index (κ2) is 5.50. The first-order valence-corrected chi connectivity index (χ1v) is 7.40. The minimum absolute atomic E-state index is 0.0497. The first-order chi connectivity index (χ1) is 8.97. The van der Waals surface area contributed by atoms with Crippen molar-refractivity contribution in [3.8, 4) is 5.75 Å². The fraction of sp³-hybridized carbons (Fsp3) is 0.0909. The lowest BCUT2D eigenvalue weighted by atomic mass is 10.3. The number of hydrogen-bond donors (Lipinski definition) is 0. The summed E-state index contributed by atoms with van der Waals surface area (Å²) in [6.07, 6.45) is 3.05. The highest BCUT2D eigenvalue weighted by Crippen LogP contribution is 2.28. The lowest BCUT2D eigenvalue weighted by Crippen LogP contribution is -2.04. The molecule has 0 unspecified atom stereocenters. The maximum Gasteiger partial charge on any atom is 0.265 e. The van der Waals surface area contributed by atoms with Gasteiger partial charge in [-0.05, 0) is 24.3 Å². The zero-order valence-electron chi connectivity index (χ0n) is 9.45. The van der Waals surface area contributed by atoms with Crippen molar-refractivity contribution < 1.29 is 17.5 Å². The predicted molar refractivity (Wildman–Crippen MR) is 65.8 cm³/mol. The Kier molecular flexibility index (Phi) is 3.96. The molecule has 2 aromatic rings. The minimum Gasteiger partial charge on any atom is -0.484 e. The smallest absolute Gasteiger partial charge is 0.265 e. The maximum atomic E-state index is 13.0. The molecule has 1 aromatic heterocycles. The Morgan fingerprint density at radius 2 is 1.95 bits per heavy atom. The van der Waals surface area contributed by atoms with Crippen molar-refractivity contribution in [2.45, 2.75) is 11.5 Å². The first-order valence-electron chi connectivity index (χ1n) is 5.10. The lowest BCUT2D eigenvalue weighted by Gasteiger charge is -2.08. The Bertz CT molecular complexity index is 680. The summed E-state index contributed by atoms with van der Waals surface area (Å²) in [5.41, 5.74) is 0. The van der Waals surface area contributed by atoms with Gasteiger partial charge in [0.2, 0.25) is 0 Å². The van der Waals surface area contributed by atoms with Crippen LogP contribution in [-0.4, -0.2) is 18.4 Å². The molecule has 1 heterocycles. The molecule has 0 radical (unpaired) electrons. The Balaban J connectivity index is 2.26. The third kappa shape index (κ3) is 3.62. The van der Waals surface area contributed by atoms with E-state index in [2.05, 4.69) is 9.97 Å². The van der Waals surface area contributed by atoms with E-state index in [9.17, 15) is 12.8 Å². The molecule has 8 heteroatoms. The van der Waals surface area contributed by atoms with Gasteiger partial charge in [0.1, 0.15) is 23.1 Å². The summed E-state index contributed by atoms with van der Waals surface area (Å²) in [6.45, 7) is -0.0497. The summed E-state index contributed by atoms with van der Waals surface area (Å²) in [6, 6.07) is 4.69. The van der Waals surface area contributed by atoms with E-state index >= 15 is 0 Å². The van der Waals surface area contributed by atoms with Crippen LogP contribution in [0.5, 0.6) is 5.75 Å². The van der Waals surface area contributed by atoms with Gasteiger partial charge in [-0.2, -0.15) is 0 Å². The van der Waals surface area contributed by atoms with E-state index in [4.69, 9.17) is 15.4 Å². The fourth-order valence-corrected chi connectivity index (χ4v) is 2.32. The van der Waals surface area contributed by atoms with Crippen LogP contribution in [0.1, 0.15) is 5.82 Å². The predicted octanol–water partition coefficient (Wildman–Crippen LogP) is 2.12. The average Bonchev–Trinajstić information content (AvgIpc) is 2.37. The van der Waals surface area contributed by atoms with Crippen LogP contribution in [0, 0.1) is 5.82 Å². The van der Waals surface area contributed by atoms with E-state index in [1.165, 1.54) is 18.5 Å². The Hall–Kier alpha value is -1.73. The Morgan fingerprint density at radius 3 is 2.58 bits per heavy atom. The van der Waals surface area contributed by atoms with Crippen molar-refractivity contribution >= 4 is 19.7 Å². The molecular formula is C11H8ClFN2O3S. The monoisotopic (exact) mass is 302 g/mol. The van der Waals surface area contributed by atoms with Gasteiger partial charge in [-0.15, -0.1) is 0 Å². The van der Waals surface area contributed by atoms with Gasteiger partial charge < -0.3 is 4.74 Å². The van der Waals surface area contributed by atoms with Crippen LogP contribution in [0.25, 0.3) is 0 Å². The molecule has 5 nitrogen and oxygen atoms in total. The van der Waals surface area contributed by atoms with Crippen LogP contribution in [0.2, 0.25) is 0 Å². The number of hydrogen-bond acceptors (Lipinski definition) is 5. The first kappa shape index (κ1) is 13.7. The van der Waals surface area contributed by atoms with E-state index in [-0.39, 0.29) is 12.4 Å². The summed E-state index contributed by atoms with van der Waals surface area (Å²) in [7, 11) is 1.12. The second-order valence-corrected chi connectivity index (χ2v) is 6.02. The number of ether oxygens (including phenoxy) is 1. The molecule has 0 atom stereocenters. The van der Waals surface area contributed by atoms with Crippen LogP contribution in [0.4, 0.5) is 4.39 Å². The third-order valence-corrected chi connectivity index (χ3v) is 3.49. The van der Waals surface area contributed by atoms with Gasteiger partial charge in [-0.25, -0.2) is 22.8 Å². The molecule has 1 aromatic carbocycles. The molecular weight excluding hydrogens is 295 g/mol. The van der Waals surface area contributed by atoms with Gasteiger partial charge in [0, 0.05) is 23.1 Å². The number of benzene rings is 1. The van der Waals surface area contributed by atoms with Crippen molar-refractivity contribution in [2.75, 3.05) is 0 Å². The summed E-state index contributed by atoms with van der Waals surface area (Å²) >= 11 is 0. The summed E-state index contributed by atoms with van der Waals surface area (Å²) in [4.78, 5) is 7.40. The highest BCUT2D eigenvalue weighted by atomic mass is 35.7. The number of halogens is 2. The molecule has 100 valence electrons. The summed E-state index contributed by atoms with van der Waals surface area (Å²) in [5.74, 6) is -0.406. The fourth-order valence-electron chi connectivity index (χ4n) is 1.34. The molecule has 0 amide bonds. The second-order valence-electron chi connectivity index (χ2n) is 3.48. The number of nitrogens with zero attached hydrogens (tertiary/aromatic N) is 2. The molecule has 19 heavy (non-hydrogen) atoms. The standard InChI is InChI=1S/C11H8ClFN2O3S/c12-19(16,17)10-6-8(13)2-3-9(10)18-7-11-14-4-1-5-15-11/h1-6H,7H2. The Labute approximate surface area is 113 Å². The largest absolute Gasteiger partial charge is 0.484 e. The Morgan fingerprint density at radius 1 is 1.26 bits per heavy atom. The van der Waals surface area contributed by atoms with Gasteiger partial charge in [0.25, 0.3) is 9.05 Å². The van der Waals surface area contributed by atoms with Gasteiger partial charge in [-0.1, -0.05) is 0 Å². The van der Waals surface area contributed by atoms with Crippen molar-refractivity contribution in [1.82, 2.24) is 9.97 Å². The molecule has 0 aliphatic carbocycles. The SMILES string of the molecule is O=S(=O)(Cl)c1cc(F)ccc1OCc1ncccn1. The third-order valence-electron chi connectivity index (χ3n) is 2.14. The quantitative estimate of drug-likeness (QED) is 0.809. The normalized spacial score (nSPS) is 11.3. The van der Waals surface area contributed by atoms with Gasteiger partial charge >= 0.3 is 0 Å². The van der Waals surface area contributed by atoms with E-state index in [0.717, 1.165) is 12.1 Å². The zero-order chi connectivity index (χ0) is 13.9. The van der Waals surface area contributed by atoms with Gasteiger partial charge in [0.05, 0.1) is 0 Å². The lowest BCUT2D eigenvalue weighted by molar-refractivity contribution is 0.287. The van der Waals surface area contributed by atoms with Crippen LogP contribution < -0.4 is 4.74 Å². The van der Waals surface area contributed by atoms with Crippen LogP contribution in [0.15, 0.2) is 41.6 Å². The van der Waals surface area contributed by atoms with Gasteiger partial charge in [-0.3, -0.25) is 0 Å². The van der Waals surface area contributed by atoms with E-state index in [0.29, 0.717) is 5.82 Å². The van der Waals surface area contributed by atoms with Crippen molar-refractivity contribution in [3.63, 3.8) is 0 Å². The number of aromatic nitrogens is 2. The molecule has 0 spiro atoms. The molecule has 0 aliphatic heterocycles. The summed E-state index contributed by atoms with van der Waals surface area (Å²) < 4.78 is 40.9. The molecule has 0 saturated carbocycles. The van der Waals surface area contributed by atoms with Crippen molar-refractivity contribution in [3.05, 3.63) is 48.3 Å². The van der Waals surface area contributed by atoms with Crippen LogP contribution >= 0.6 is 10.7 Å². The van der Waals surface area contributed by atoms with Crippen LogP contribution in [-0.2, 0) is 15.7 Å². The van der Waals surface area contributed by atoms with Crippen molar-refractivity contribution in [2.24, 2.45) is 0 Å². The molecule has 0 fully saturated rings. The van der Waals surface area contributed by atoms with Gasteiger partial charge in [0.15, 0.2) is 5.82 Å². The topological polar surface area (TPSA) is 69.2 Å². The molecule has 2 rings (SSSR count). The summed E-state index contributed by atoms with van der Waals surface area (Å²) in [5, 5.41) is 0. The van der Waals surface area contributed by atoms with Crippen LogP contribution in [0.3, 0.4) is 0 Å². The average molecular weight is 303 g/mol. The molecule has 0 bridgehead atoms. The maximum absolute atomic E-state index is 13.0. The molecule has 0 saturated heterocycles. The highest BCUT2D eigenvalue weighted by Gasteiger charge is 2.18. The van der Waals surface area contributed by atoms with E-state index in [1.807, 2.05) is 0 Å². The molecule has 0 aliphatic rings. The van der Waals surface area contributed by atoms with E-state index < -0.39 is 19.8 Å².